The number of para-hydroxylation sites is 1. The summed E-state index contributed by atoms with van der Waals surface area (Å²) < 4.78 is 39.4. The maximum atomic E-state index is 12.9. The first-order valence-corrected chi connectivity index (χ1v) is 8.70. The Kier molecular flexibility index (Phi) is 5.53. The number of alkyl halides is 3. The number of aromatic nitrogens is 1. The zero-order valence-electron chi connectivity index (χ0n) is 14.7. The van der Waals surface area contributed by atoms with Gasteiger partial charge in [-0.15, -0.1) is 0 Å². The second-order valence-electron chi connectivity index (χ2n) is 6.41. The van der Waals surface area contributed by atoms with E-state index in [9.17, 15) is 22.8 Å². The van der Waals surface area contributed by atoms with Gasteiger partial charge in [-0.2, -0.15) is 13.2 Å². The van der Waals surface area contributed by atoms with Crippen molar-refractivity contribution in [3.05, 3.63) is 64.6 Å². The van der Waals surface area contributed by atoms with Gasteiger partial charge in [-0.25, -0.2) is 0 Å². The molecule has 0 saturated carbocycles. The first-order chi connectivity index (χ1) is 12.9. The van der Waals surface area contributed by atoms with E-state index in [1.807, 2.05) is 30.3 Å². The number of hydrogen-bond donors (Lipinski definition) is 0. The number of amides is 1. The molecular formula is C19H20F3N3O2. The lowest BCUT2D eigenvalue weighted by Gasteiger charge is -2.24. The minimum absolute atomic E-state index is 0.355. The number of nitrogens with zero attached hydrogens (tertiary/aromatic N) is 3. The van der Waals surface area contributed by atoms with E-state index in [4.69, 9.17) is 0 Å². The van der Waals surface area contributed by atoms with E-state index >= 15 is 0 Å². The Bertz CT molecular complexity index is 849. The highest BCUT2D eigenvalue weighted by Gasteiger charge is 2.34. The van der Waals surface area contributed by atoms with Crippen LogP contribution in [0.4, 0.5) is 18.9 Å². The summed E-state index contributed by atoms with van der Waals surface area (Å²) in [6.45, 7) is 2.00. The van der Waals surface area contributed by atoms with Crippen LogP contribution in [-0.2, 0) is 17.5 Å². The van der Waals surface area contributed by atoms with Gasteiger partial charge in [0.05, 0.1) is 0 Å². The lowest BCUT2D eigenvalue weighted by Crippen LogP contribution is -2.39. The number of rotatable bonds is 3. The molecule has 1 saturated heterocycles. The molecule has 1 amide bonds. The van der Waals surface area contributed by atoms with Crippen molar-refractivity contribution >= 4 is 11.6 Å². The van der Waals surface area contributed by atoms with E-state index in [0.717, 1.165) is 35.4 Å². The van der Waals surface area contributed by atoms with Gasteiger partial charge in [-0.05, 0) is 30.7 Å². The Hall–Kier alpha value is -2.77. The van der Waals surface area contributed by atoms with Gasteiger partial charge in [0.25, 0.3) is 5.56 Å². The molecule has 1 fully saturated rings. The maximum absolute atomic E-state index is 12.9. The molecule has 0 radical (unpaired) electrons. The second kappa shape index (κ2) is 7.85. The SMILES string of the molecule is O=C(Cn1cccc(C(F)(F)F)c1=O)N1CCCN(c2ccccc2)CC1. The van der Waals surface area contributed by atoms with Crippen molar-refractivity contribution in [3.8, 4) is 0 Å². The molecule has 0 N–H and O–H groups in total. The fourth-order valence-electron chi connectivity index (χ4n) is 3.19. The number of halogens is 3. The molecule has 1 aromatic heterocycles. The largest absolute Gasteiger partial charge is 0.421 e. The monoisotopic (exact) mass is 379 g/mol. The molecule has 27 heavy (non-hydrogen) atoms. The Morgan fingerprint density at radius 2 is 1.70 bits per heavy atom. The van der Waals surface area contributed by atoms with Gasteiger partial charge in [0.15, 0.2) is 0 Å². The molecule has 0 aliphatic carbocycles. The van der Waals surface area contributed by atoms with Crippen LogP contribution in [0.2, 0.25) is 0 Å². The van der Waals surface area contributed by atoms with Crippen LogP contribution in [0.5, 0.6) is 0 Å². The maximum Gasteiger partial charge on any atom is 0.421 e. The third kappa shape index (κ3) is 4.50. The number of carbonyl (C=O) groups is 1. The molecule has 0 bridgehead atoms. The molecule has 1 aromatic carbocycles. The molecule has 0 spiro atoms. The van der Waals surface area contributed by atoms with Crippen molar-refractivity contribution in [3.63, 3.8) is 0 Å². The Morgan fingerprint density at radius 1 is 0.963 bits per heavy atom. The smallest absolute Gasteiger partial charge is 0.370 e. The molecule has 2 heterocycles. The average Bonchev–Trinajstić information content (AvgIpc) is 2.89. The molecule has 144 valence electrons. The van der Waals surface area contributed by atoms with Crippen LogP contribution in [0.15, 0.2) is 53.5 Å². The van der Waals surface area contributed by atoms with Crippen LogP contribution in [0.25, 0.3) is 0 Å². The summed E-state index contributed by atoms with van der Waals surface area (Å²) in [6.07, 6.45) is -2.77. The van der Waals surface area contributed by atoms with E-state index in [1.165, 1.54) is 6.20 Å². The number of anilines is 1. The van der Waals surface area contributed by atoms with E-state index in [1.54, 1.807) is 4.90 Å². The van der Waals surface area contributed by atoms with E-state index in [2.05, 4.69) is 4.90 Å². The summed E-state index contributed by atoms with van der Waals surface area (Å²) in [5, 5.41) is 0. The quantitative estimate of drug-likeness (QED) is 0.824. The zero-order valence-corrected chi connectivity index (χ0v) is 14.7. The summed E-state index contributed by atoms with van der Waals surface area (Å²) in [6, 6.07) is 11.7. The van der Waals surface area contributed by atoms with Crippen molar-refractivity contribution in [1.82, 2.24) is 9.47 Å². The molecule has 1 aliphatic heterocycles. The van der Waals surface area contributed by atoms with Gasteiger partial charge in [0.1, 0.15) is 12.1 Å². The van der Waals surface area contributed by atoms with Crippen LogP contribution in [0, 0.1) is 0 Å². The first-order valence-electron chi connectivity index (χ1n) is 8.70. The lowest BCUT2D eigenvalue weighted by molar-refractivity contribution is -0.139. The Labute approximate surface area is 154 Å². The zero-order chi connectivity index (χ0) is 19.4. The fraction of sp³-hybridized carbons (Fsp3) is 0.368. The second-order valence-corrected chi connectivity index (χ2v) is 6.41. The van der Waals surface area contributed by atoms with Crippen molar-refractivity contribution in [1.29, 1.82) is 0 Å². The normalized spacial score (nSPS) is 15.5. The van der Waals surface area contributed by atoms with Gasteiger partial charge in [-0.1, -0.05) is 18.2 Å². The fourth-order valence-corrected chi connectivity index (χ4v) is 3.19. The van der Waals surface area contributed by atoms with Crippen molar-refractivity contribution in [2.24, 2.45) is 0 Å². The number of pyridine rings is 1. The number of hydrogen-bond acceptors (Lipinski definition) is 3. The Balaban J connectivity index is 1.68. The van der Waals surface area contributed by atoms with E-state index < -0.39 is 23.8 Å². The molecular weight excluding hydrogens is 359 g/mol. The standard InChI is InChI=1S/C19H20F3N3O2/c20-19(21,22)16-8-4-9-25(18(16)27)14-17(26)24-11-5-10-23(12-13-24)15-6-2-1-3-7-15/h1-4,6-9H,5,10-14H2. The summed E-state index contributed by atoms with van der Waals surface area (Å²) in [5.74, 6) is -0.355. The third-order valence-electron chi connectivity index (χ3n) is 4.60. The average molecular weight is 379 g/mol. The summed E-state index contributed by atoms with van der Waals surface area (Å²) in [4.78, 5) is 28.3. The molecule has 2 aromatic rings. The van der Waals surface area contributed by atoms with Crippen LogP contribution in [0.3, 0.4) is 0 Å². The number of benzene rings is 1. The predicted octanol–water partition coefficient (Wildman–Crippen LogP) is 2.61. The summed E-state index contributed by atoms with van der Waals surface area (Å²) >= 11 is 0. The predicted molar refractivity (Wildman–Crippen MR) is 95.6 cm³/mol. The summed E-state index contributed by atoms with van der Waals surface area (Å²) in [7, 11) is 0. The van der Waals surface area contributed by atoms with Crippen molar-refractivity contribution in [2.45, 2.75) is 19.1 Å². The molecule has 1 aliphatic rings. The minimum atomic E-state index is -4.73. The van der Waals surface area contributed by atoms with E-state index in [0.29, 0.717) is 19.6 Å². The molecule has 0 unspecified atom stereocenters. The minimum Gasteiger partial charge on any atom is -0.370 e. The number of carbonyl (C=O) groups excluding carboxylic acids is 1. The highest BCUT2D eigenvalue weighted by atomic mass is 19.4. The van der Waals surface area contributed by atoms with Crippen LogP contribution in [-0.4, -0.2) is 41.6 Å². The Morgan fingerprint density at radius 3 is 2.41 bits per heavy atom. The van der Waals surface area contributed by atoms with Gasteiger partial charge in [0, 0.05) is 38.1 Å². The van der Waals surface area contributed by atoms with Crippen LogP contribution in [0.1, 0.15) is 12.0 Å². The topological polar surface area (TPSA) is 45.6 Å². The molecule has 3 rings (SSSR count). The van der Waals surface area contributed by atoms with Crippen LogP contribution >= 0.6 is 0 Å². The van der Waals surface area contributed by atoms with Crippen LogP contribution < -0.4 is 10.5 Å². The molecule has 8 heteroatoms. The van der Waals surface area contributed by atoms with Crippen molar-refractivity contribution in [2.75, 3.05) is 31.1 Å². The van der Waals surface area contributed by atoms with Crippen molar-refractivity contribution < 1.29 is 18.0 Å². The van der Waals surface area contributed by atoms with Gasteiger partial charge < -0.3 is 14.4 Å². The summed E-state index contributed by atoms with van der Waals surface area (Å²) in [5.41, 5.74) is -1.39. The van der Waals surface area contributed by atoms with Gasteiger partial charge in [0.2, 0.25) is 5.91 Å². The third-order valence-corrected chi connectivity index (χ3v) is 4.60. The van der Waals surface area contributed by atoms with E-state index in [-0.39, 0.29) is 5.91 Å². The highest BCUT2D eigenvalue weighted by Crippen LogP contribution is 2.26. The first kappa shape index (κ1) is 19.0. The van der Waals surface area contributed by atoms with Gasteiger partial charge in [-0.3, -0.25) is 9.59 Å². The molecule has 5 nitrogen and oxygen atoms in total. The van der Waals surface area contributed by atoms with Gasteiger partial charge >= 0.3 is 6.18 Å². The molecule has 0 atom stereocenters. The highest BCUT2D eigenvalue weighted by molar-refractivity contribution is 5.76. The lowest BCUT2D eigenvalue weighted by atomic mass is 10.2.